The molecule has 3 aliphatic heterocycles. The maximum Gasteiger partial charge on any atom is 0.319 e. The maximum atomic E-state index is 16.6. The molecule has 230 valence electrons. The highest BCUT2D eigenvalue weighted by atomic mass is 19.1. The van der Waals surface area contributed by atoms with Gasteiger partial charge in [-0.15, -0.1) is 0 Å². The number of anilines is 1. The molecule has 4 aromatic rings. The predicted molar refractivity (Wildman–Crippen MR) is 169 cm³/mol. The molecule has 4 heterocycles. The number of piperazine rings is 1. The minimum absolute atomic E-state index is 0.0811. The van der Waals surface area contributed by atoms with Crippen molar-refractivity contribution in [2.45, 2.75) is 63.1 Å². The Labute approximate surface area is 256 Å². The molecule has 4 N–H and O–H groups in total. The molecule has 2 bridgehead atoms. The number of hydrogen-bond donors (Lipinski definition) is 3. The second-order valence-electron chi connectivity index (χ2n) is 12.5. The first-order valence-corrected chi connectivity index (χ1v) is 15.8. The molecule has 7 rings (SSSR count). The number of carbonyl (C=O) groups is 1. The highest BCUT2D eigenvalue weighted by molar-refractivity contribution is 6.01. The number of hydrogen-bond acceptors (Lipinski definition) is 8. The van der Waals surface area contributed by atoms with Crippen LogP contribution in [0.4, 0.5) is 10.2 Å². The molecule has 3 aliphatic rings. The van der Waals surface area contributed by atoms with E-state index in [1.165, 1.54) is 0 Å². The summed E-state index contributed by atoms with van der Waals surface area (Å²) in [6.45, 7) is 3.86. The number of likely N-dealkylation sites (tertiary alicyclic amines) is 1. The van der Waals surface area contributed by atoms with Gasteiger partial charge in [-0.3, -0.25) is 9.69 Å². The molecule has 3 atom stereocenters. The van der Waals surface area contributed by atoms with E-state index in [0.717, 1.165) is 75.5 Å². The van der Waals surface area contributed by atoms with Crippen LogP contribution in [-0.2, 0) is 4.79 Å². The van der Waals surface area contributed by atoms with Gasteiger partial charge >= 0.3 is 6.01 Å². The summed E-state index contributed by atoms with van der Waals surface area (Å²) < 4.78 is 22.9. The van der Waals surface area contributed by atoms with E-state index in [2.05, 4.69) is 20.1 Å². The molecule has 10 heteroatoms. The second-order valence-corrected chi connectivity index (χ2v) is 12.5. The molecule has 0 radical (unpaired) electrons. The number of benzene rings is 3. The van der Waals surface area contributed by atoms with Gasteiger partial charge in [0.05, 0.1) is 0 Å². The van der Waals surface area contributed by atoms with Crippen molar-refractivity contribution in [2.24, 2.45) is 5.73 Å². The summed E-state index contributed by atoms with van der Waals surface area (Å²) in [6.07, 6.45) is 6.40. The fourth-order valence-corrected chi connectivity index (χ4v) is 7.29. The lowest BCUT2D eigenvalue weighted by Crippen LogP contribution is -2.51. The van der Waals surface area contributed by atoms with Crippen LogP contribution >= 0.6 is 0 Å². The van der Waals surface area contributed by atoms with Crippen LogP contribution < -0.4 is 20.7 Å². The van der Waals surface area contributed by atoms with Crippen LogP contribution in [0.3, 0.4) is 0 Å². The van der Waals surface area contributed by atoms with Crippen molar-refractivity contribution >= 4 is 33.4 Å². The average molecular weight is 599 g/mol. The molecule has 3 aromatic carbocycles. The zero-order chi connectivity index (χ0) is 30.2. The Morgan fingerprint density at radius 1 is 1.02 bits per heavy atom. The van der Waals surface area contributed by atoms with Gasteiger partial charge in [0.15, 0.2) is 5.82 Å². The van der Waals surface area contributed by atoms with Crippen molar-refractivity contribution in [1.29, 1.82) is 0 Å². The number of phenols is 1. The summed E-state index contributed by atoms with van der Waals surface area (Å²) in [6, 6.07) is 15.8. The maximum absolute atomic E-state index is 16.6. The van der Waals surface area contributed by atoms with E-state index in [4.69, 9.17) is 15.5 Å². The Morgan fingerprint density at radius 2 is 1.84 bits per heavy atom. The fraction of sp³-hybridized carbons (Fsp3) is 0.441. The summed E-state index contributed by atoms with van der Waals surface area (Å²) in [5.41, 5.74) is 6.51. The topological polar surface area (TPSA) is 117 Å². The molecule has 0 saturated carbocycles. The molecule has 9 nitrogen and oxygen atoms in total. The number of primary amides is 1. The number of fused-ring (bicyclic) bond motifs is 4. The van der Waals surface area contributed by atoms with Gasteiger partial charge in [-0.2, -0.15) is 9.97 Å². The van der Waals surface area contributed by atoms with E-state index >= 15 is 4.39 Å². The lowest BCUT2D eigenvalue weighted by atomic mass is 9.96. The van der Waals surface area contributed by atoms with E-state index in [1.807, 2.05) is 30.3 Å². The number of halogens is 1. The highest BCUT2D eigenvalue weighted by Crippen LogP contribution is 2.39. The number of nitrogens with two attached hydrogens (primary N) is 1. The molecule has 1 amide bonds. The molecule has 3 saturated heterocycles. The number of phenolic OH excluding ortho intramolecular Hbond substituents is 1. The average Bonchev–Trinajstić information content (AvgIpc) is 3.62. The second kappa shape index (κ2) is 12.2. The van der Waals surface area contributed by atoms with Crippen LogP contribution in [0.25, 0.3) is 32.8 Å². The molecule has 1 aromatic heterocycles. The molecule has 0 unspecified atom stereocenters. The summed E-state index contributed by atoms with van der Waals surface area (Å²) in [5.74, 6) is 0.0597. The normalized spacial score (nSPS) is 21.8. The number of unbranched alkanes of at least 4 members (excludes halogenated alkanes) is 1. The third kappa shape index (κ3) is 5.76. The van der Waals surface area contributed by atoms with Gasteiger partial charge in [-0.1, -0.05) is 30.3 Å². The highest BCUT2D eigenvalue weighted by Gasteiger charge is 2.34. The molecule has 0 aliphatic carbocycles. The lowest BCUT2D eigenvalue weighted by Gasteiger charge is -2.34. The number of aromatic nitrogens is 2. The third-order valence-corrected chi connectivity index (χ3v) is 9.44. The Kier molecular flexibility index (Phi) is 7.95. The largest absolute Gasteiger partial charge is 0.508 e. The van der Waals surface area contributed by atoms with Crippen molar-refractivity contribution in [3.63, 3.8) is 0 Å². The van der Waals surface area contributed by atoms with Gasteiger partial charge < -0.3 is 25.8 Å². The van der Waals surface area contributed by atoms with Crippen LogP contribution in [-0.4, -0.2) is 76.8 Å². The van der Waals surface area contributed by atoms with E-state index in [9.17, 15) is 9.90 Å². The van der Waals surface area contributed by atoms with Crippen LogP contribution in [0.15, 0.2) is 48.5 Å². The SMILES string of the molecule is NC(=O)CCCCN1CCC[C@H]1COc1nc(N2C[C@@H]3CC[C@@H](C2)N3)c2ccc(-c3cc(O)cc4ccccc34)c(F)c2n1. The van der Waals surface area contributed by atoms with Gasteiger partial charge in [0.2, 0.25) is 5.91 Å². The van der Waals surface area contributed by atoms with Gasteiger partial charge in [0, 0.05) is 48.6 Å². The number of rotatable bonds is 10. The van der Waals surface area contributed by atoms with E-state index in [1.54, 1.807) is 18.2 Å². The van der Waals surface area contributed by atoms with Crippen molar-refractivity contribution in [2.75, 3.05) is 37.7 Å². The van der Waals surface area contributed by atoms with Crippen molar-refractivity contribution in [3.05, 3.63) is 54.3 Å². The first kappa shape index (κ1) is 28.7. The van der Waals surface area contributed by atoms with E-state index in [0.29, 0.717) is 47.4 Å². The standard InChI is InChI=1S/C34H39FN6O3/c35-31-27(29-17-25(42)16-21-6-1-2-8-26(21)29)12-13-28-32(31)38-34(39-33(28)41-18-22-10-11-23(19-41)37-22)44-20-24-7-5-15-40(24)14-4-3-9-30(36)43/h1-2,6,8,12-13,16-17,22-24,37,42H,3-5,7,9-11,14-15,18-20H2,(H2,36,43)/t22-,23-,24-/m0/s1. The van der Waals surface area contributed by atoms with Crippen LogP contribution in [0.2, 0.25) is 0 Å². The van der Waals surface area contributed by atoms with Crippen molar-refractivity contribution < 1.29 is 19.0 Å². The number of nitrogens with zero attached hydrogens (tertiary/aromatic N) is 4. The Balaban J connectivity index is 1.23. The minimum atomic E-state index is -0.457. The smallest absolute Gasteiger partial charge is 0.319 e. The summed E-state index contributed by atoms with van der Waals surface area (Å²) in [7, 11) is 0. The summed E-state index contributed by atoms with van der Waals surface area (Å²) in [5, 5.41) is 16.5. The molecule has 44 heavy (non-hydrogen) atoms. The van der Waals surface area contributed by atoms with E-state index in [-0.39, 0.29) is 29.2 Å². The number of aromatic hydroxyl groups is 1. The van der Waals surface area contributed by atoms with Gasteiger partial charge in [-0.05, 0) is 86.1 Å². The molecule has 3 fully saturated rings. The summed E-state index contributed by atoms with van der Waals surface area (Å²) >= 11 is 0. The zero-order valence-corrected chi connectivity index (χ0v) is 24.8. The fourth-order valence-electron chi connectivity index (χ4n) is 7.29. The van der Waals surface area contributed by atoms with E-state index < -0.39 is 5.82 Å². The summed E-state index contributed by atoms with van der Waals surface area (Å²) in [4.78, 5) is 25.3. The van der Waals surface area contributed by atoms with Crippen LogP contribution in [0.5, 0.6) is 11.8 Å². The first-order valence-electron chi connectivity index (χ1n) is 15.8. The number of ether oxygens (including phenoxy) is 1. The van der Waals surface area contributed by atoms with Crippen molar-refractivity contribution in [3.8, 4) is 22.9 Å². The third-order valence-electron chi connectivity index (χ3n) is 9.44. The van der Waals surface area contributed by atoms with Gasteiger partial charge in [0.1, 0.15) is 23.7 Å². The number of nitrogens with one attached hydrogen (secondary N) is 1. The number of carbonyl (C=O) groups excluding carboxylic acids is 1. The Hall–Kier alpha value is -4.02. The lowest BCUT2D eigenvalue weighted by molar-refractivity contribution is -0.118. The van der Waals surface area contributed by atoms with Crippen LogP contribution in [0.1, 0.15) is 44.9 Å². The number of amides is 1. The van der Waals surface area contributed by atoms with Crippen LogP contribution in [0, 0.1) is 5.82 Å². The van der Waals surface area contributed by atoms with Gasteiger partial charge in [-0.25, -0.2) is 4.39 Å². The molecular formula is C34H39FN6O3. The Bertz CT molecular complexity index is 1690. The monoisotopic (exact) mass is 598 g/mol. The quantitative estimate of drug-likeness (QED) is 0.224. The van der Waals surface area contributed by atoms with Crippen molar-refractivity contribution in [1.82, 2.24) is 20.2 Å². The molecular weight excluding hydrogens is 559 g/mol. The minimum Gasteiger partial charge on any atom is -0.508 e. The predicted octanol–water partition coefficient (Wildman–Crippen LogP) is 4.73. The zero-order valence-electron chi connectivity index (χ0n) is 24.8. The first-order chi connectivity index (χ1) is 21.4. The Morgan fingerprint density at radius 3 is 2.66 bits per heavy atom. The van der Waals surface area contributed by atoms with Gasteiger partial charge in [0.25, 0.3) is 0 Å². The molecule has 0 spiro atoms.